The van der Waals surface area contributed by atoms with E-state index in [1.165, 1.54) is 6.08 Å². The van der Waals surface area contributed by atoms with Crippen LogP contribution in [-0.2, 0) is 4.79 Å². The van der Waals surface area contributed by atoms with Crippen molar-refractivity contribution >= 4 is 11.8 Å². The second-order valence-electron chi connectivity index (χ2n) is 7.59. The first kappa shape index (κ1) is 35.6. The van der Waals surface area contributed by atoms with Crippen LogP contribution >= 0.6 is 0 Å². The molecule has 1 fully saturated rings. The van der Waals surface area contributed by atoms with Crippen molar-refractivity contribution in [2.75, 3.05) is 26.2 Å². The summed E-state index contributed by atoms with van der Waals surface area (Å²) >= 11 is 0. The van der Waals surface area contributed by atoms with E-state index >= 15 is 0 Å². The molecule has 0 aromatic heterocycles. The summed E-state index contributed by atoms with van der Waals surface area (Å²) in [6.07, 6.45) is 3.25. The van der Waals surface area contributed by atoms with Crippen molar-refractivity contribution in [3.63, 3.8) is 0 Å². The van der Waals surface area contributed by atoms with Crippen LogP contribution in [0.2, 0.25) is 0 Å². The summed E-state index contributed by atoms with van der Waals surface area (Å²) in [6, 6.07) is 0.196. The summed E-state index contributed by atoms with van der Waals surface area (Å²) < 4.78 is 0. The highest BCUT2D eigenvalue weighted by Gasteiger charge is 2.34. The lowest BCUT2D eigenvalue weighted by atomic mass is 10.1. The number of nitrogens with zero attached hydrogens (tertiary/aromatic N) is 1. The van der Waals surface area contributed by atoms with Gasteiger partial charge in [-0.15, -0.1) is 0 Å². The molecule has 0 radical (unpaired) electrons. The monoisotopic (exact) mass is 430 g/mol. The number of nitrogens with one attached hydrogen (secondary N) is 2. The van der Waals surface area contributed by atoms with E-state index in [1.54, 1.807) is 11.0 Å². The molecule has 2 aliphatic rings. The third-order valence-electron chi connectivity index (χ3n) is 2.64. The Kier molecular flexibility index (Phi) is 29.9. The van der Waals surface area contributed by atoms with E-state index < -0.39 is 0 Å². The second-order valence-corrected chi connectivity index (χ2v) is 7.59. The van der Waals surface area contributed by atoms with Crippen LogP contribution in [0.1, 0.15) is 76.2 Å². The molecule has 0 aromatic carbocycles. The van der Waals surface area contributed by atoms with Gasteiger partial charge in [0, 0.05) is 6.54 Å². The standard InChI is InChI=1S/C7H11N3O2.C5H8O.2C4H10.2C2H6/c11-6-4-10-5(2-9-6)1-8-3-7(10)12;1-3-4-5(2)6;2*1-4(2)3;2*1-2/h5,8H,1-4H2,(H,9,11);3-4,6H,2H2,1H3;2*4H,1-3H3;2*1-2H3/p+1/b;4-3-;;;;. The molecule has 1 atom stereocenters. The van der Waals surface area contributed by atoms with Crippen LogP contribution in [0.15, 0.2) is 24.5 Å². The van der Waals surface area contributed by atoms with Gasteiger partial charge in [-0.2, -0.15) is 0 Å². The Balaban J connectivity index is -0.000000160. The summed E-state index contributed by atoms with van der Waals surface area (Å²) in [5, 5.41) is 20.5. The molecule has 1 saturated heterocycles. The molecule has 180 valence electrons. The number of rotatable bonds is 1. The topological polar surface area (TPSA) is 86.8 Å². The number of aliphatic hydroxyl groups excluding tert-OH is 2. The lowest BCUT2D eigenvalue weighted by Gasteiger charge is -2.34. The van der Waals surface area contributed by atoms with Crippen LogP contribution < -0.4 is 10.3 Å². The zero-order valence-electron chi connectivity index (χ0n) is 21.7. The van der Waals surface area contributed by atoms with E-state index in [-0.39, 0.29) is 23.6 Å². The first-order chi connectivity index (χ1) is 14.0. The first-order valence-electron chi connectivity index (χ1n) is 11.3. The van der Waals surface area contributed by atoms with E-state index in [0.717, 1.165) is 18.4 Å². The highest BCUT2D eigenvalue weighted by atomic mass is 16.3. The molecule has 2 aliphatic heterocycles. The molecular formula is C24H52N3O3+. The van der Waals surface area contributed by atoms with Crippen molar-refractivity contribution in [1.29, 1.82) is 0 Å². The molecule has 2 heterocycles. The number of allylic oxidation sites excluding steroid dienone is 2. The maximum atomic E-state index is 11.3. The van der Waals surface area contributed by atoms with Gasteiger partial charge in [0.25, 0.3) is 0 Å². The van der Waals surface area contributed by atoms with E-state index in [0.29, 0.717) is 19.6 Å². The fraction of sp³-hybridized carbons (Fsp3) is 0.750. The summed E-state index contributed by atoms with van der Waals surface area (Å²) in [6.45, 7) is 28.2. The number of hydrogen-bond donors (Lipinski definition) is 4. The highest BCUT2D eigenvalue weighted by Crippen LogP contribution is 2.03. The average Bonchev–Trinajstić information content (AvgIpc) is 2.65. The van der Waals surface area contributed by atoms with E-state index in [4.69, 9.17) is 10.2 Å². The highest BCUT2D eigenvalue weighted by molar-refractivity contribution is 5.84. The summed E-state index contributed by atoms with van der Waals surface area (Å²) in [5.41, 5.74) is 0. The van der Waals surface area contributed by atoms with Crippen molar-refractivity contribution in [3.05, 3.63) is 24.5 Å². The Hall–Kier alpha value is -1.82. The van der Waals surface area contributed by atoms with Gasteiger partial charge in [-0.25, -0.2) is 4.99 Å². The largest absolute Gasteiger partial charge is 0.509 e. The number of fused-ring (bicyclic) bond motifs is 1. The van der Waals surface area contributed by atoms with Gasteiger partial charge in [-0.3, -0.25) is 4.79 Å². The minimum absolute atomic E-state index is 0.0688. The van der Waals surface area contributed by atoms with Gasteiger partial charge < -0.3 is 20.4 Å². The van der Waals surface area contributed by atoms with Crippen molar-refractivity contribution in [2.45, 2.75) is 82.2 Å². The van der Waals surface area contributed by atoms with Crippen LogP contribution in [0.25, 0.3) is 0 Å². The fourth-order valence-corrected chi connectivity index (χ4v) is 1.81. The average molecular weight is 431 g/mol. The molecule has 6 heteroatoms. The molecule has 30 heavy (non-hydrogen) atoms. The summed E-state index contributed by atoms with van der Waals surface area (Å²) in [5.74, 6) is 2.04. The van der Waals surface area contributed by atoms with E-state index in [9.17, 15) is 4.79 Å². The third kappa shape index (κ3) is 28.4. The Morgan fingerprint density at radius 1 is 1.13 bits per heavy atom. The van der Waals surface area contributed by atoms with Gasteiger partial charge in [0.1, 0.15) is 18.3 Å². The van der Waals surface area contributed by atoms with E-state index in [2.05, 4.69) is 58.4 Å². The maximum Gasteiger partial charge on any atom is 0.352 e. The Morgan fingerprint density at radius 3 is 1.90 bits per heavy atom. The summed E-state index contributed by atoms with van der Waals surface area (Å²) in [7, 11) is 0. The Morgan fingerprint density at radius 2 is 1.57 bits per heavy atom. The number of piperazine rings is 1. The minimum atomic E-state index is 0.0688. The molecule has 1 unspecified atom stereocenters. The molecule has 0 aromatic rings. The van der Waals surface area contributed by atoms with Crippen molar-refractivity contribution < 1.29 is 20.0 Å². The van der Waals surface area contributed by atoms with Crippen LogP contribution in [-0.4, -0.2) is 59.1 Å². The normalized spacial score (nSPS) is 16.6. The van der Waals surface area contributed by atoms with Gasteiger partial charge in [-0.1, -0.05) is 81.9 Å². The minimum Gasteiger partial charge on any atom is -0.509 e. The van der Waals surface area contributed by atoms with Crippen LogP contribution in [0.4, 0.5) is 0 Å². The maximum absolute atomic E-state index is 11.3. The molecule has 0 spiro atoms. The molecule has 2 rings (SSSR count). The molecule has 6 nitrogen and oxygen atoms in total. The summed E-state index contributed by atoms with van der Waals surface area (Å²) in [4.78, 5) is 15.8. The Labute approximate surface area is 187 Å². The number of amides is 1. The zero-order valence-corrected chi connectivity index (χ0v) is 21.7. The molecular weight excluding hydrogens is 378 g/mol. The van der Waals surface area contributed by atoms with Gasteiger partial charge in [0.2, 0.25) is 5.91 Å². The van der Waals surface area contributed by atoms with Crippen LogP contribution in [0.3, 0.4) is 0 Å². The quantitative estimate of drug-likeness (QED) is 0.376. The van der Waals surface area contributed by atoms with Crippen molar-refractivity contribution in [1.82, 2.24) is 10.2 Å². The predicted molar refractivity (Wildman–Crippen MR) is 132 cm³/mol. The molecule has 1 amide bonds. The van der Waals surface area contributed by atoms with Crippen molar-refractivity contribution in [2.24, 2.45) is 11.8 Å². The predicted octanol–water partition coefficient (Wildman–Crippen LogP) is 3.85. The lowest BCUT2D eigenvalue weighted by Crippen LogP contribution is -2.84. The van der Waals surface area contributed by atoms with Gasteiger partial charge >= 0.3 is 5.90 Å². The number of carbonyl (C=O) groups is 1. The number of carbonyl (C=O) groups excluding carboxylic acids is 1. The molecule has 4 N–H and O–H groups in total. The molecule has 0 bridgehead atoms. The smallest absolute Gasteiger partial charge is 0.352 e. The second kappa shape index (κ2) is 25.2. The third-order valence-corrected chi connectivity index (χ3v) is 2.64. The fourth-order valence-electron chi connectivity index (χ4n) is 1.81. The van der Waals surface area contributed by atoms with Crippen LogP contribution in [0.5, 0.6) is 0 Å². The van der Waals surface area contributed by atoms with Gasteiger partial charge in [0.15, 0.2) is 6.54 Å². The van der Waals surface area contributed by atoms with E-state index in [1.807, 2.05) is 34.6 Å². The lowest BCUT2D eigenvalue weighted by molar-refractivity contribution is -0.482. The zero-order chi connectivity index (χ0) is 24.7. The molecule has 0 saturated carbocycles. The van der Waals surface area contributed by atoms with Crippen molar-refractivity contribution in [3.8, 4) is 0 Å². The first-order valence-corrected chi connectivity index (χ1v) is 11.3. The number of hydrogen-bond acceptors (Lipinski definition) is 3. The van der Waals surface area contributed by atoms with Crippen LogP contribution in [0, 0.1) is 11.8 Å². The molecule has 0 aliphatic carbocycles. The number of aliphatic hydroxyl groups is 2. The Bertz CT molecular complexity index is 447. The van der Waals surface area contributed by atoms with Gasteiger partial charge in [0.05, 0.1) is 6.54 Å². The van der Waals surface area contributed by atoms with Gasteiger partial charge in [-0.05, 0) is 24.8 Å². The SMILES string of the molecule is C=C(O)/C=C\C.CC.CC.CC(C)C.CC(C)C.O=C1CNCC2C[NH+]=C(O)CN12.